The van der Waals surface area contributed by atoms with E-state index in [9.17, 15) is 0 Å². The molecule has 2 rings (SSSR count). The molecule has 2 unspecified atom stereocenters. The van der Waals surface area contributed by atoms with E-state index in [2.05, 4.69) is 14.7 Å². The minimum Gasteiger partial charge on any atom is -0.381 e. The van der Waals surface area contributed by atoms with Crippen molar-refractivity contribution in [3.8, 4) is 0 Å². The van der Waals surface area contributed by atoms with Crippen LogP contribution in [-0.4, -0.2) is 41.4 Å². The van der Waals surface area contributed by atoms with E-state index in [1.807, 2.05) is 14.0 Å². The number of thioether (sulfide) groups is 1. The van der Waals surface area contributed by atoms with Crippen LogP contribution in [0.25, 0.3) is 0 Å². The van der Waals surface area contributed by atoms with Crippen LogP contribution in [0, 0.1) is 12.8 Å². The molecule has 0 aromatic carbocycles. The fourth-order valence-corrected chi connectivity index (χ4v) is 3.73. The number of nitrogens with one attached hydrogen (secondary N) is 1. The topological polar surface area (TPSA) is 47.0 Å². The monoisotopic (exact) mass is 259 g/mol. The first kappa shape index (κ1) is 12.3. The van der Waals surface area contributed by atoms with Crippen LogP contribution in [0.4, 0.5) is 0 Å². The molecule has 6 heteroatoms. The van der Waals surface area contributed by atoms with Gasteiger partial charge in [-0.2, -0.15) is 4.37 Å². The maximum absolute atomic E-state index is 5.42. The average Bonchev–Trinajstić information content (AvgIpc) is 2.91. The number of rotatable bonds is 5. The van der Waals surface area contributed by atoms with Gasteiger partial charge >= 0.3 is 0 Å². The molecule has 4 nitrogen and oxygen atoms in total. The highest BCUT2D eigenvalue weighted by Crippen LogP contribution is 2.25. The summed E-state index contributed by atoms with van der Waals surface area (Å²) in [6.07, 6.45) is 1.17. The SMILES string of the molecule is CNC(CSc1nc(C)ns1)C1CCOC1. The van der Waals surface area contributed by atoms with E-state index in [-0.39, 0.29) is 0 Å². The van der Waals surface area contributed by atoms with Crippen LogP contribution in [0.3, 0.4) is 0 Å². The molecule has 1 fully saturated rings. The summed E-state index contributed by atoms with van der Waals surface area (Å²) in [6, 6.07) is 0.511. The fraction of sp³-hybridized carbons (Fsp3) is 0.800. The highest BCUT2D eigenvalue weighted by molar-refractivity contribution is 8.00. The van der Waals surface area contributed by atoms with Crippen LogP contribution in [0.15, 0.2) is 4.34 Å². The zero-order chi connectivity index (χ0) is 11.4. The molecule has 1 aromatic heterocycles. The first-order valence-corrected chi connectivity index (χ1v) is 7.23. The minimum absolute atomic E-state index is 0.511. The number of hydrogen-bond donors (Lipinski definition) is 1. The molecule has 0 radical (unpaired) electrons. The van der Waals surface area contributed by atoms with Crippen LogP contribution in [-0.2, 0) is 4.74 Å². The lowest BCUT2D eigenvalue weighted by molar-refractivity contribution is 0.180. The van der Waals surface area contributed by atoms with E-state index in [1.165, 1.54) is 18.0 Å². The van der Waals surface area contributed by atoms with Crippen LogP contribution in [0.5, 0.6) is 0 Å². The third-order valence-corrected chi connectivity index (χ3v) is 4.84. The summed E-state index contributed by atoms with van der Waals surface area (Å²) in [5, 5.41) is 3.38. The van der Waals surface area contributed by atoms with Gasteiger partial charge in [0.05, 0.1) is 6.61 Å². The standard InChI is InChI=1S/C10H17N3OS2/c1-7-12-10(16-13-7)15-6-9(11-2)8-3-4-14-5-8/h8-9,11H,3-6H2,1-2H3. The van der Waals surface area contributed by atoms with Crippen LogP contribution < -0.4 is 5.32 Å². The van der Waals surface area contributed by atoms with Crippen molar-refractivity contribution in [1.29, 1.82) is 0 Å². The Bertz CT molecular complexity index is 326. The number of ether oxygens (including phenoxy) is 1. The summed E-state index contributed by atoms with van der Waals surface area (Å²) >= 11 is 3.28. The van der Waals surface area contributed by atoms with E-state index in [1.54, 1.807) is 11.8 Å². The van der Waals surface area contributed by atoms with Crippen molar-refractivity contribution in [3.05, 3.63) is 5.82 Å². The van der Waals surface area contributed by atoms with Crippen molar-refractivity contribution in [1.82, 2.24) is 14.7 Å². The van der Waals surface area contributed by atoms with Gasteiger partial charge in [-0.25, -0.2) is 4.98 Å². The van der Waals surface area contributed by atoms with Gasteiger partial charge in [0.1, 0.15) is 5.82 Å². The first-order valence-electron chi connectivity index (χ1n) is 5.47. The Morgan fingerprint density at radius 3 is 3.12 bits per heavy atom. The summed E-state index contributed by atoms with van der Waals surface area (Å²) in [7, 11) is 2.02. The number of aromatic nitrogens is 2. The molecule has 0 bridgehead atoms. The summed E-state index contributed by atoms with van der Waals surface area (Å²) in [5.41, 5.74) is 0. The van der Waals surface area contributed by atoms with E-state index < -0.39 is 0 Å². The van der Waals surface area contributed by atoms with Crippen molar-refractivity contribution >= 4 is 23.3 Å². The highest BCUT2D eigenvalue weighted by atomic mass is 32.2. The van der Waals surface area contributed by atoms with Gasteiger partial charge < -0.3 is 10.1 Å². The third kappa shape index (κ3) is 3.16. The predicted octanol–water partition coefficient (Wildman–Crippen LogP) is 1.56. The molecule has 1 aromatic rings. The number of aryl methyl sites for hydroxylation is 1. The second-order valence-electron chi connectivity index (χ2n) is 3.94. The van der Waals surface area contributed by atoms with Crippen molar-refractivity contribution in [2.24, 2.45) is 5.92 Å². The van der Waals surface area contributed by atoms with E-state index in [0.717, 1.165) is 29.1 Å². The minimum atomic E-state index is 0.511. The summed E-state index contributed by atoms with van der Waals surface area (Å²) in [4.78, 5) is 4.35. The molecule has 2 heterocycles. The molecular formula is C10H17N3OS2. The molecule has 0 aliphatic carbocycles. The quantitative estimate of drug-likeness (QED) is 0.813. The lowest BCUT2D eigenvalue weighted by atomic mass is 10.0. The predicted molar refractivity (Wildman–Crippen MR) is 67.1 cm³/mol. The molecule has 1 saturated heterocycles. The van der Waals surface area contributed by atoms with Gasteiger partial charge in [-0.1, -0.05) is 11.8 Å². The second-order valence-corrected chi connectivity index (χ2v) is 5.96. The van der Waals surface area contributed by atoms with Crippen molar-refractivity contribution < 1.29 is 4.74 Å². The summed E-state index contributed by atoms with van der Waals surface area (Å²) in [6.45, 7) is 3.73. The maximum atomic E-state index is 5.42. The van der Waals surface area contributed by atoms with Gasteiger partial charge in [0.2, 0.25) is 0 Å². The largest absolute Gasteiger partial charge is 0.381 e. The third-order valence-electron chi connectivity index (χ3n) is 2.80. The van der Waals surface area contributed by atoms with E-state index >= 15 is 0 Å². The molecule has 90 valence electrons. The Kier molecular flexibility index (Phi) is 4.57. The average molecular weight is 259 g/mol. The Labute approximate surface area is 104 Å². The molecule has 1 aliphatic rings. The fourth-order valence-electron chi connectivity index (χ4n) is 1.82. The molecule has 1 aliphatic heterocycles. The molecule has 0 spiro atoms. The van der Waals surface area contributed by atoms with Crippen molar-refractivity contribution in [2.45, 2.75) is 23.7 Å². The number of nitrogens with zero attached hydrogens (tertiary/aromatic N) is 2. The summed E-state index contributed by atoms with van der Waals surface area (Å²) in [5.74, 6) is 2.56. The van der Waals surface area contributed by atoms with Gasteiger partial charge in [0.15, 0.2) is 4.34 Å². The molecule has 0 amide bonds. The first-order chi connectivity index (χ1) is 7.79. The Balaban J connectivity index is 1.82. The van der Waals surface area contributed by atoms with Gasteiger partial charge in [-0.15, -0.1) is 0 Å². The van der Waals surface area contributed by atoms with Crippen LogP contribution >= 0.6 is 23.3 Å². The Hall–Kier alpha value is -0.170. The molecule has 16 heavy (non-hydrogen) atoms. The Morgan fingerprint density at radius 2 is 2.56 bits per heavy atom. The molecule has 0 saturated carbocycles. The van der Waals surface area contributed by atoms with Gasteiger partial charge in [-0.05, 0) is 31.9 Å². The lowest BCUT2D eigenvalue weighted by Gasteiger charge is -2.20. The zero-order valence-electron chi connectivity index (χ0n) is 9.60. The molecule has 2 atom stereocenters. The second kappa shape index (κ2) is 5.95. The smallest absolute Gasteiger partial charge is 0.170 e. The van der Waals surface area contributed by atoms with Gasteiger partial charge in [-0.3, -0.25) is 0 Å². The normalized spacial score (nSPS) is 22.5. The van der Waals surface area contributed by atoms with Crippen LogP contribution in [0.1, 0.15) is 12.2 Å². The van der Waals surface area contributed by atoms with E-state index in [4.69, 9.17) is 4.74 Å². The van der Waals surface area contributed by atoms with Crippen molar-refractivity contribution in [3.63, 3.8) is 0 Å². The zero-order valence-corrected chi connectivity index (χ0v) is 11.2. The van der Waals surface area contributed by atoms with Gasteiger partial charge in [0.25, 0.3) is 0 Å². The Morgan fingerprint density at radius 1 is 1.69 bits per heavy atom. The molecular weight excluding hydrogens is 242 g/mol. The highest BCUT2D eigenvalue weighted by Gasteiger charge is 2.24. The maximum Gasteiger partial charge on any atom is 0.170 e. The van der Waals surface area contributed by atoms with Crippen LogP contribution in [0.2, 0.25) is 0 Å². The number of hydrogen-bond acceptors (Lipinski definition) is 6. The molecule has 1 N–H and O–H groups in total. The van der Waals surface area contributed by atoms with Gasteiger partial charge in [0, 0.05) is 24.3 Å². The van der Waals surface area contributed by atoms with Crippen molar-refractivity contribution in [2.75, 3.05) is 26.0 Å². The summed E-state index contributed by atoms with van der Waals surface area (Å²) < 4.78 is 10.7. The lowest BCUT2D eigenvalue weighted by Crippen LogP contribution is -2.36. The van der Waals surface area contributed by atoms with E-state index in [0.29, 0.717) is 12.0 Å².